The highest BCUT2D eigenvalue weighted by Gasteiger charge is 2.52. The Morgan fingerprint density at radius 3 is 2.41 bits per heavy atom. The molecule has 4 rings (SSSR count). The van der Waals surface area contributed by atoms with Gasteiger partial charge in [-0.25, -0.2) is 0 Å². The monoisotopic (exact) mass is 411 g/mol. The molecule has 2 aliphatic rings. The highest BCUT2D eigenvalue weighted by atomic mass is 35.5. The molecule has 2 nitrogen and oxygen atoms in total. The Morgan fingerprint density at radius 2 is 1.83 bits per heavy atom. The van der Waals surface area contributed by atoms with Crippen LogP contribution in [-0.4, -0.2) is 23.6 Å². The summed E-state index contributed by atoms with van der Waals surface area (Å²) in [7, 11) is 0. The summed E-state index contributed by atoms with van der Waals surface area (Å²) < 4.78 is 6.04. The number of rotatable bonds is 5. The van der Waals surface area contributed by atoms with Gasteiger partial charge in [-0.3, -0.25) is 4.90 Å². The van der Waals surface area contributed by atoms with Crippen molar-refractivity contribution in [1.82, 2.24) is 4.90 Å². The number of hydrogen-bond donors (Lipinski definition) is 0. The van der Waals surface area contributed by atoms with E-state index in [1.54, 1.807) is 0 Å². The van der Waals surface area contributed by atoms with Crippen molar-refractivity contribution >= 4 is 11.6 Å². The quantitative estimate of drug-likeness (QED) is 0.527. The largest absolute Gasteiger partial charge is 0.494 e. The van der Waals surface area contributed by atoms with Crippen molar-refractivity contribution in [3.05, 3.63) is 64.2 Å². The van der Waals surface area contributed by atoms with Crippen molar-refractivity contribution in [2.24, 2.45) is 0 Å². The highest BCUT2D eigenvalue weighted by Crippen LogP contribution is 2.57. The molecule has 0 amide bonds. The first kappa shape index (κ1) is 20.8. The zero-order valence-electron chi connectivity index (χ0n) is 18.3. The maximum Gasteiger partial charge on any atom is 0.119 e. The molecule has 1 saturated carbocycles. The first-order chi connectivity index (χ1) is 13.8. The molecular weight excluding hydrogens is 378 g/mol. The molecule has 156 valence electrons. The smallest absolute Gasteiger partial charge is 0.119 e. The van der Waals surface area contributed by atoms with E-state index in [4.69, 9.17) is 16.3 Å². The van der Waals surface area contributed by atoms with Crippen LogP contribution >= 0.6 is 11.6 Å². The summed E-state index contributed by atoms with van der Waals surface area (Å²) in [6, 6.07) is 15.8. The predicted octanol–water partition coefficient (Wildman–Crippen LogP) is 6.95. The van der Waals surface area contributed by atoms with E-state index in [0.717, 1.165) is 36.8 Å². The van der Waals surface area contributed by atoms with Crippen molar-refractivity contribution in [1.29, 1.82) is 0 Å². The van der Waals surface area contributed by atoms with Crippen molar-refractivity contribution in [3.63, 3.8) is 0 Å². The molecule has 2 aromatic rings. The van der Waals surface area contributed by atoms with Gasteiger partial charge < -0.3 is 4.74 Å². The normalized spacial score (nSPS) is 21.3. The van der Waals surface area contributed by atoms with Gasteiger partial charge in [0, 0.05) is 28.6 Å². The van der Waals surface area contributed by atoms with E-state index in [1.807, 2.05) is 0 Å². The topological polar surface area (TPSA) is 12.5 Å². The third kappa shape index (κ3) is 3.82. The van der Waals surface area contributed by atoms with E-state index < -0.39 is 0 Å². The second-order valence-corrected chi connectivity index (χ2v) is 10.2. The molecule has 1 aliphatic heterocycles. The average Bonchev–Trinajstić information content (AvgIpc) is 2.66. The SMILES string of the molecule is CCCOc1ccc2c(c1)C(C1(c3ccc(Cl)cc3)CCC1)N(C(C)(C)C)CC2. The number of nitrogens with zero attached hydrogens (tertiary/aromatic N) is 1. The lowest BCUT2D eigenvalue weighted by Crippen LogP contribution is -2.56. The van der Waals surface area contributed by atoms with Gasteiger partial charge in [-0.15, -0.1) is 0 Å². The van der Waals surface area contributed by atoms with E-state index in [1.165, 1.54) is 36.0 Å². The second kappa shape index (κ2) is 7.96. The summed E-state index contributed by atoms with van der Waals surface area (Å²) in [5, 5.41) is 0.815. The lowest BCUT2D eigenvalue weighted by molar-refractivity contribution is -0.00661. The summed E-state index contributed by atoms with van der Waals surface area (Å²) in [5.74, 6) is 1.01. The Hall–Kier alpha value is -1.51. The van der Waals surface area contributed by atoms with Gasteiger partial charge in [0.05, 0.1) is 6.61 Å². The number of hydrogen-bond acceptors (Lipinski definition) is 2. The molecular formula is C26H34ClNO. The molecule has 1 aliphatic carbocycles. The lowest BCUT2D eigenvalue weighted by atomic mass is 9.57. The zero-order chi connectivity index (χ0) is 20.6. The van der Waals surface area contributed by atoms with Crippen molar-refractivity contribution in [2.75, 3.05) is 13.2 Å². The molecule has 0 N–H and O–H groups in total. The molecule has 29 heavy (non-hydrogen) atoms. The predicted molar refractivity (Wildman–Crippen MR) is 122 cm³/mol. The number of benzene rings is 2. The average molecular weight is 412 g/mol. The molecule has 2 aromatic carbocycles. The molecule has 1 heterocycles. The number of ether oxygens (including phenoxy) is 1. The van der Waals surface area contributed by atoms with Gasteiger partial charge in [-0.2, -0.15) is 0 Å². The number of halogens is 1. The zero-order valence-corrected chi connectivity index (χ0v) is 19.1. The fourth-order valence-electron chi connectivity index (χ4n) is 5.28. The third-order valence-corrected chi connectivity index (χ3v) is 7.12. The second-order valence-electron chi connectivity index (χ2n) is 9.74. The van der Waals surface area contributed by atoms with Crippen LogP contribution in [0.4, 0.5) is 0 Å². The van der Waals surface area contributed by atoms with Crippen LogP contribution in [0.2, 0.25) is 5.02 Å². The Balaban J connectivity index is 1.84. The van der Waals surface area contributed by atoms with Gasteiger partial charge in [-0.1, -0.05) is 43.1 Å². The molecule has 0 bridgehead atoms. The van der Waals surface area contributed by atoms with Crippen LogP contribution in [-0.2, 0) is 11.8 Å². The van der Waals surface area contributed by atoms with Gasteiger partial charge in [0.25, 0.3) is 0 Å². The van der Waals surface area contributed by atoms with E-state index in [0.29, 0.717) is 6.04 Å². The lowest BCUT2D eigenvalue weighted by Gasteiger charge is -2.57. The van der Waals surface area contributed by atoms with Crippen LogP contribution in [0.3, 0.4) is 0 Å². The fourth-order valence-corrected chi connectivity index (χ4v) is 5.41. The first-order valence-electron chi connectivity index (χ1n) is 11.1. The highest BCUT2D eigenvalue weighted by molar-refractivity contribution is 6.30. The van der Waals surface area contributed by atoms with Gasteiger partial charge in [0.15, 0.2) is 0 Å². The molecule has 1 fully saturated rings. The van der Waals surface area contributed by atoms with Crippen LogP contribution < -0.4 is 4.74 Å². The van der Waals surface area contributed by atoms with Crippen LogP contribution in [0.1, 0.15) is 76.1 Å². The van der Waals surface area contributed by atoms with Crippen molar-refractivity contribution in [3.8, 4) is 5.75 Å². The van der Waals surface area contributed by atoms with Crippen LogP contribution in [0.5, 0.6) is 5.75 Å². The van der Waals surface area contributed by atoms with Crippen LogP contribution in [0, 0.1) is 0 Å². The Labute approximate surface area is 181 Å². The molecule has 1 unspecified atom stereocenters. The molecule has 0 saturated heterocycles. The van der Waals surface area contributed by atoms with E-state index in [-0.39, 0.29) is 11.0 Å². The van der Waals surface area contributed by atoms with E-state index in [2.05, 4.69) is 75.1 Å². The minimum absolute atomic E-state index is 0.109. The maximum absolute atomic E-state index is 6.23. The summed E-state index contributed by atoms with van der Waals surface area (Å²) >= 11 is 6.23. The van der Waals surface area contributed by atoms with Gasteiger partial charge in [0.2, 0.25) is 0 Å². The van der Waals surface area contributed by atoms with E-state index in [9.17, 15) is 0 Å². The molecule has 1 atom stereocenters. The Bertz CT molecular complexity index is 848. The number of fused-ring (bicyclic) bond motifs is 1. The van der Waals surface area contributed by atoms with Gasteiger partial charge in [-0.05, 0) is 87.4 Å². The van der Waals surface area contributed by atoms with Crippen molar-refractivity contribution < 1.29 is 4.74 Å². The standard InChI is InChI=1S/C26H34ClNO/c1-5-17-29-22-12-7-19-13-16-28(25(2,3)4)24(23(19)18-22)26(14-6-15-26)20-8-10-21(27)11-9-20/h7-12,18,24H,5-6,13-17H2,1-4H3. The Morgan fingerprint density at radius 1 is 1.10 bits per heavy atom. The molecule has 0 radical (unpaired) electrons. The van der Waals surface area contributed by atoms with Crippen LogP contribution in [0.25, 0.3) is 0 Å². The molecule has 0 spiro atoms. The Kier molecular flexibility index (Phi) is 5.70. The third-order valence-electron chi connectivity index (χ3n) is 6.87. The van der Waals surface area contributed by atoms with E-state index >= 15 is 0 Å². The van der Waals surface area contributed by atoms with Gasteiger partial charge >= 0.3 is 0 Å². The van der Waals surface area contributed by atoms with Crippen molar-refractivity contribution in [2.45, 2.75) is 76.8 Å². The first-order valence-corrected chi connectivity index (χ1v) is 11.5. The maximum atomic E-state index is 6.23. The molecule has 0 aromatic heterocycles. The summed E-state index contributed by atoms with van der Waals surface area (Å²) in [6.07, 6.45) is 5.88. The summed E-state index contributed by atoms with van der Waals surface area (Å²) in [4.78, 5) is 2.74. The summed E-state index contributed by atoms with van der Waals surface area (Å²) in [5.41, 5.74) is 4.64. The minimum atomic E-state index is 0.109. The van der Waals surface area contributed by atoms with Crippen LogP contribution in [0.15, 0.2) is 42.5 Å². The minimum Gasteiger partial charge on any atom is -0.494 e. The summed E-state index contributed by atoms with van der Waals surface area (Å²) in [6.45, 7) is 11.1. The molecule has 3 heteroatoms. The fraction of sp³-hybridized carbons (Fsp3) is 0.538. The van der Waals surface area contributed by atoms with Gasteiger partial charge in [0.1, 0.15) is 5.75 Å².